The molecule has 3 rings (SSSR count). The summed E-state index contributed by atoms with van der Waals surface area (Å²) in [5, 5.41) is 7.28. The molecule has 112 valence electrons. The summed E-state index contributed by atoms with van der Waals surface area (Å²) in [5.41, 5.74) is 2.25. The van der Waals surface area contributed by atoms with Crippen LogP contribution in [0.25, 0.3) is 5.95 Å². The number of nitrogen functional groups attached to an aromatic ring is 1. The van der Waals surface area contributed by atoms with Gasteiger partial charge < -0.3 is 10.1 Å². The zero-order valence-corrected chi connectivity index (χ0v) is 11.8. The quantitative estimate of drug-likeness (QED) is 0.532. The van der Waals surface area contributed by atoms with Crippen LogP contribution in [0.5, 0.6) is 0 Å². The topological polar surface area (TPSA) is 116 Å². The molecule has 3 heterocycles. The van der Waals surface area contributed by atoms with Crippen LogP contribution in [-0.4, -0.2) is 43.5 Å². The Morgan fingerprint density at radius 1 is 1.38 bits per heavy atom. The number of nitrogens with one attached hydrogen (secondary N) is 2. The summed E-state index contributed by atoms with van der Waals surface area (Å²) in [6.07, 6.45) is 5.49. The average Bonchev–Trinajstić information content (AvgIpc) is 3.17. The molecule has 1 unspecified atom stereocenters. The van der Waals surface area contributed by atoms with Crippen LogP contribution in [-0.2, 0) is 4.74 Å². The zero-order valence-electron chi connectivity index (χ0n) is 11.8. The Labute approximate surface area is 121 Å². The summed E-state index contributed by atoms with van der Waals surface area (Å²) in [6.45, 7) is 3.49. The summed E-state index contributed by atoms with van der Waals surface area (Å²) in [6, 6.07) is 1.79. The summed E-state index contributed by atoms with van der Waals surface area (Å²) in [5.74, 6) is 6.50. The molecule has 2 aromatic rings. The zero-order chi connectivity index (χ0) is 14.7. The summed E-state index contributed by atoms with van der Waals surface area (Å²) >= 11 is 0. The van der Waals surface area contributed by atoms with Gasteiger partial charge in [-0.1, -0.05) is 0 Å². The standard InChI is InChI=1S/C12H18N8O/c1-12(4-2-7-21-12)8-14-9-16-10(19-13)18-11(17-9)20-6-3-5-15-20/h3,5-6H,2,4,7-8,13H2,1H3,(H2,14,16,17,18,19). The van der Waals surface area contributed by atoms with Crippen LogP contribution < -0.4 is 16.6 Å². The number of rotatable bonds is 5. The monoisotopic (exact) mass is 290 g/mol. The highest BCUT2D eigenvalue weighted by Crippen LogP contribution is 2.25. The molecule has 0 bridgehead atoms. The highest BCUT2D eigenvalue weighted by atomic mass is 16.5. The molecule has 1 saturated heterocycles. The van der Waals surface area contributed by atoms with Crippen LogP contribution in [0.15, 0.2) is 18.5 Å². The van der Waals surface area contributed by atoms with Gasteiger partial charge in [-0.2, -0.15) is 20.1 Å². The maximum Gasteiger partial charge on any atom is 0.257 e. The van der Waals surface area contributed by atoms with E-state index < -0.39 is 0 Å². The van der Waals surface area contributed by atoms with Crippen LogP contribution in [0.4, 0.5) is 11.9 Å². The Kier molecular flexibility index (Phi) is 3.67. The van der Waals surface area contributed by atoms with Crippen LogP contribution in [0, 0.1) is 0 Å². The minimum absolute atomic E-state index is 0.186. The van der Waals surface area contributed by atoms with Crippen molar-refractivity contribution in [1.82, 2.24) is 24.7 Å². The Balaban J connectivity index is 1.79. The van der Waals surface area contributed by atoms with Crippen molar-refractivity contribution in [2.75, 3.05) is 23.9 Å². The number of hydrogen-bond acceptors (Lipinski definition) is 8. The highest BCUT2D eigenvalue weighted by Gasteiger charge is 2.29. The summed E-state index contributed by atoms with van der Waals surface area (Å²) in [7, 11) is 0. The van der Waals surface area contributed by atoms with Crippen LogP contribution in [0.3, 0.4) is 0 Å². The van der Waals surface area contributed by atoms with Gasteiger partial charge in [0.25, 0.3) is 5.95 Å². The number of hydrazine groups is 1. The second-order valence-electron chi connectivity index (χ2n) is 5.13. The summed E-state index contributed by atoms with van der Waals surface area (Å²) < 4.78 is 7.27. The third-order valence-electron chi connectivity index (χ3n) is 3.38. The molecule has 21 heavy (non-hydrogen) atoms. The van der Waals surface area contributed by atoms with Gasteiger partial charge in [0.1, 0.15) is 0 Å². The predicted octanol–water partition coefficient (Wildman–Crippen LogP) is 0.324. The predicted molar refractivity (Wildman–Crippen MR) is 76.8 cm³/mol. The molecule has 0 amide bonds. The smallest absolute Gasteiger partial charge is 0.257 e. The molecule has 0 spiro atoms. The SMILES string of the molecule is CC1(CNc2nc(NN)nc(-n3cccn3)n2)CCCO1. The van der Waals surface area contributed by atoms with Gasteiger partial charge in [-0.15, -0.1) is 0 Å². The van der Waals surface area contributed by atoms with E-state index in [1.54, 1.807) is 23.1 Å². The second-order valence-corrected chi connectivity index (χ2v) is 5.13. The maximum atomic E-state index is 5.73. The number of nitrogens with two attached hydrogens (primary N) is 1. The lowest BCUT2D eigenvalue weighted by molar-refractivity contribution is 0.0314. The van der Waals surface area contributed by atoms with Crippen molar-refractivity contribution in [2.45, 2.75) is 25.4 Å². The maximum absolute atomic E-state index is 5.73. The minimum Gasteiger partial charge on any atom is -0.373 e. The van der Waals surface area contributed by atoms with E-state index >= 15 is 0 Å². The van der Waals surface area contributed by atoms with Gasteiger partial charge in [0.2, 0.25) is 11.9 Å². The largest absolute Gasteiger partial charge is 0.373 e. The molecule has 1 fully saturated rings. The molecule has 0 saturated carbocycles. The third-order valence-corrected chi connectivity index (χ3v) is 3.38. The first-order valence-corrected chi connectivity index (χ1v) is 6.79. The Hall–Kier alpha value is -2.26. The van der Waals surface area contributed by atoms with Gasteiger partial charge in [0, 0.05) is 25.5 Å². The lowest BCUT2D eigenvalue weighted by Gasteiger charge is -2.23. The van der Waals surface area contributed by atoms with Gasteiger partial charge in [0.05, 0.1) is 5.60 Å². The summed E-state index contributed by atoms with van der Waals surface area (Å²) in [4.78, 5) is 12.7. The molecular formula is C12H18N8O. The van der Waals surface area contributed by atoms with Crippen LogP contribution in [0.1, 0.15) is 19.8 Å². The second kappa shape index (κ2) is 5.62. The lowest BCUT2D eigenvalue weighted by atomic mass is 10.0. The van der Waals surface area contributed by atoms with Crippen molar-refractivity contribution in [2.24, 2.45) is 5.84 Å². The molecule has 1 atom stereocenters. The molecule has 0 radical (unpaired) electrons. The van der Waals surface area contributed by atoms with Crippen molar-refractivity contribution in [1.29, 1.82) is 0 Å². The van der Waals surface area contributed by atoms with Crippen molar-refractivity contribution in [3.63, 3.8) is 0 Å². The first kappa shape index (κ1) is 13.7. The van der Waals surface area contributed by atoms with E-state index in [2.05, 4.69) is 37.7 Å². The minimum atomic E-state index is -0.186. The Morgan fingerprint density at radius 2 is 2.24 bits per heavy atom. The molecular weight excluding hydrogens is 272 g/mol. The fourth-order valence-electron chi connectivity index (χ4n) is 2.24. The van der Waals surface area contributed by atoms with Crippen molar-refractivity contribution in [3.8, 4) is 5.95 Å². The molecule has 1 aliphatic rings. The third kappa shape index (κ3) is 3.09. The molecule has 9 heteroatoms. The number of ether oxygens (including phenoxy) is 1. The van der Waals surface area contributed by atoms with E-state index in [4.69, 9.17) is 10.6 Å². The molecule has 1 aliphatic heterocycles. The van der Waals surface area contributed by atoms with Gasteiger partial charge >= 0.3 is 0 Å². The fourth-order valence-corrected chi connectivity index (χ4v) is 2.24. The molecule has 4 N–H and O–H groups in total. The first-order chi connectivity index (χ1) is 10.2. The van der Waals surface area contributed by atoms with Crippen molar-refractivity contribution < 1.29 is 4.74 Å². The molecule has 2 aromatic heterocycles. The average molecular weight is 290 g/mol. The molecule has 0 aliphatic carbocycles. The molecule has 0 aromatic carbocycles. The van der Waals surface area contributed by atoms with Gasteiger partial charge in [-0.3, -0.25) is 5.43 Å². The molecule has 9 nitrogen and oxygen atoms in total. The van der Waals surface area contributed by atoms with Gasteiger partial charge in [-0.25, -0.2) is 10.5 Å². The number of anilines is 2. The van der Waals surface area contributed by atoms with Crippen molar-refractivity contribution in [3.05, 3.63) is 18.5 Å². The van der Waals surface area contributed by atoms with Crippen LogP contribution in [0.2, 0.25) is 0 Å². The van der Waals surface area contributed by atoms with E-state index in [1.165, 1.54) is 0 Å². The van der Waals surface area contributed by atoms with Gasteiger partial charge in [-0.05, 0) is 25.8 Å². The van der Waals surface area contributed by atoms with Gasteiger partial charge in [0.15, 0.2) is 0 Å². The van der Waals surface area contributed by atoms with Crippen molar-refractivity contribution >= 4 is 11.9 Å². The number of hydrogen-bond donors (Lipinski definition) is 3. The lowest BCUT2D eigenvalue weighted by Crippen LogP contribution is -2.33. The van der Waals surface area contributed by atoms with E-state index in [0.29, 0.717) is 18.4 Å². The van der Waals surface area contributed by atoms with E-state index in [1.807, 2.05) is 0 Å². The normalized spacial score (nSPS) is 21.4. The van der Waals surface area contributed by atoms with E-state index in [0.717, 1.165) is 19.4 Å². The fraction of sp³-hybridized carbons (Fsp3) is 0.500. The first-order valence-electron chi connectivity index (χ1n) is 6.79. The van der Waals surface area contributed by atoms with E-state index in [-0.39, 0.29) is 11.5 Å². The van der Waals surface area contributed by atoms with Crippen LogP contribution >= 0.6 is 0 Å². The Bertz CT molecular complexity index is 593. The number of nitrogens with zero attached hydrogens (tertiary/aromatic N) is 5. The Morgan fingerprint density at radius 3 is 2.90 bits per heavy atom. The highest BCUT2D eigenvalue weighted by molar-refractivity contribution is 5.37. The van der Waals surface area contributed by atoms with E-state index in [9.17, 15) is 0 Å². The number of aromatic nitrogens is 5.